The van der Waals surface area contributed by atoms with E-state index in [1.165, 1.54) is 0 Å². The van der Waals surface area contributed by atoms with Crippen LogP contribution in [0.4, 0.5) is 5.69 Å². The van der Waals surface area contributed by atoms with Crippen LogP contribution in [0.15, 0.2) is 75.9 Å². The molecule has 5 nitrogen and oxygen atoms in total. The van der Waals surface area contributed by atoms with Gasteiger partial charge < -0.3 is 14.4 Å². The lowest BCUT2D eigenvalue weighted by molar-refractivity contribution is 0.0697. The van der Waals surface area contributed by atoms with Gasteiger partial charge in [-0.15, -0.1) is 0 Å². The first kappa shape index (κ1) is 28.6. The zero-order chi connectivity index (χ0) is 28.5. The van der Waals surface area contributed by atoms with Gasteiger partial charge in [0.05, 0.1) is 11.1 Å². The lowest BCUT2D eigenvalue weighted by atomic mass is 10.0. The van der Waals surface area contributed by atoms with Crippen molar-refractivity contribution >= 4 is 46.9 Å². The first-order chi connectivity index (χ1) is 19.4. The summed E-state index contributed by atoms with van der Waals surface area (Å²) in [6.45, 7) is 8.38. The number of unbranched alkanes of at least 4 members (excludes halogenated alkanes) is 2. The third-order valence-corrected chi connectivity index (χ3v) is 7.13. The molecule has 40 heavy (non-hydrogen) atoms. The molecule has 0 spiro atoms. The number of rotatable bonds is 12. The van der Waals surface area contributed by atoms with Crippen molar-refractivity contribution < 1.29 is 14.3 Å². The average Bonchev–Trinajstić information content (AvgIpc) is 2.96. The molecule has 0 aliphatic carbocycles. The molecule has 206 valence electrons. The highest BCUT2D eigenvalue weighted by atomic mass is 16.4. The Morgan fingerprint density at radius 1 is 0.800 bits per heavy atom. The molecule has 0 saturated heterocycles. The lowest BCUT2D eigenvalue weighted by Crippen LogP contribution is -2.25. The fourth-order valence-electron chi connectivity index (χ4n) is 4.64. The van der Waals surface area contributed by atoms with Gasteiger partial charge in [-0.3, -0.25) is 0 Å². The van der Waals surface area contributed by atoms with Gasteiger partial charge in [-0.25, -0.2) is 9.59 Å². The number of fused-ring (bicyclic) bond motifs is 1. The van der Waals surface area contributed by atoms with Crippen molar-refractivity contribution in [1.29, 1.82) is 0 Å². The first-order valence-corrected chi connectivity index (χ1v) is 14.0. The van der Waals surface area contributed by atoms with E-state index in [9.17, 15) is 9.59 Å². The molecule has 3 aromatic carbocycles. The van der Waals surface area contributed by atoms with Crippen molar-refractivity contribution in [3.63, 3.8) is 0 Å². The molecule has 0 aliphatic rings. The largest absolute Gasteiger partial charge is 0.478 e. The Bertz CT molecular complexity index is 1550. The molecule has 0 saturated carbocycles. The molecule has 0 unspecified atom stereocenters. The van der Waals surface area contributed by atoms with E-state index in [2.05, 4.69) is 30.9 Å². The number of hydrogen-bond donors (Lipinski definition) is 1. The SMILES string of the molecule is CCCCN(CCCC)c1ccc2c(C)c(/C=C/c3ccc(/C=C/c4ccc(C(=O)O)cc4)cc3)c(=O)oc2c1. The molecular formula is C35H37NO4. The Labute approximate surface area is 236 Å². The van der Waals surface area contributed by atoms with E-state index in [1.54, 1.807) is 24.3 Å². The van der Waals surface area contributed by atoms with Gasteiger partial charge in [0.1, 0.15) is 5.58 Å². The summed E-state index contributed by atoms with van der Waals surface area (Å²) >= 11 is 0. The van der Waals surface area contributed by atoms with Crippen molar-refractivity contribution in [2.75, 3.05) is 18.0 Å². The van der Waals surface area contributed by atoms with E-state index in [-0.39, 0.29) is 11.2 Å². The summed E-state index contributed by atoms with van der Waals surface area (Å²) in [4.78, 5) is 26.4. The van der Waals surface area contributed by atoms with Crippen molar-refractivity contribution in [1.82, 2.24) is 0 Å². The molecule has 4 aromatic rings. The molecule has 0 aliphatic heterocycles. The van der Waals surface area contributed by atoms with Gasteiger partial charge in [0, 0.05) is 30.2 Å². The van der Waals surface area contributed by atoms with Gasteiger partial charge in [0.25, 0.3) is 0 Å². The molecule has 4 rings (SSSR count). The maximum atomic E-state index is 13.0. The fourth-order valence-corrected chi connectivity index (χ4v) is 4.64. The molecule has 0 amide bonds. The molecule has 1 heterocycles. The molecule has 1 N–H and O–H groups in total. The number of aromatic carboxylic acids is 1. The number of nitrogens with zero attached hydrogens (tertiary/aromatic N) is 1. The number of anilines is 1. The number of carboxylic acids is 1. The summed E-state index contributed by atoms with van der Waals surface area (Å²) < 4.78 is 5.80. The molecule has 0 bridgehead atoms. The molecule has 0 radical (unpaired) electrons. The maximum absolute atomic E-state index is 13.0. The standard InChI is InChI=1S/C35H37NO4/c1-4-6-22-36(23-7-5-2)30-19-21-31-25(3)32(35(39)40-33(31)24-30)20-16-27-11-8-26(9-12-27)10-13-28-14-17-29(18-15-28)34(37)38/h8-21,24H,4-7,22-23H2,1-3H3,(H,37,38)/b13-10+,20-16+. The highest BCUT2D eigenvalue weighted by Gasteiger charge is 2.12. The summed E-state index contributed by atoms with van der Waals surface area (Å²) in [7, 11) is 0. The Morgan fingerprint density at radius 2 is 1.32 bits per heavy atom. The van der Waals surface area contributed by atoms with Crippen LogP contribution in [0.1, 0.15) is 77.7 Å². The van der Waals surface area contributed by atoms with Crippen LogP contribution in [-0.2, 0) is 0 Å². The van der Waals surface area contributed by atoms with Crippen LogP contribution in [0.5, 0.6) is 0 Å². The van der Waals surface area contributed by atoms with Crippen LogP contribution < -0.4 is 10.5 Å². The van der Waals surface area contributed by atoms with Crippen LogP contribution in [0, 0.1) is 6.92 Å². The Hall–Kier alpha value is -4.38. The minimum Gasteiger partial charge on any atom is -0.478 e. The van der Waals surface area contributed by atoms with E-state index in [1.807, 2.05) is 61.6 Å². The highest BCUT2D eigenvalue weighted by Crippen LogP contribution is 2.26. The predicted molar refractivity (Wildman–Crippen MR) is 167 cm³/mol. The number of carbonyl (C=O) groups is 1. The molecule has 0 fully saturated rings. The first-order valence-electron chi connectivity index (χ1n) is 14.0. The van der Waals surface area contributed by atoms with E-state index in [4.69, 9.17) is 9.52 Å². The van der Waals surface area contributed by atoms with Gasteiger partial charge in [-0.05, 0) is 72.4 Å². The summed E-state index contributed by atoms with van der Waals surface area (Å²) in [5, 5.41) is 9.98. The van der Waals surface area contributed by atoms with Crippen LogP contribution in [-0.4, -0.2) is 24.2 Å². The Kier molecular flexibility index (Phi) is 9.74. The summed E-state index contributed by atoms with van der Waals surface area (Å²) in [5.74, 6) is -0.933. The van der Waals surface area contributed by atoms with Crippen LogP contribution >= 0.6 is 0 Å². The second kappa shape index (κ2) is 13.6. The highest BCUT2D eigenvalue weighted by molar-refractivity contribution is 5.88. The second-order valence-electron chi connectivity index (χ2n) is 10.1. The van der Waals surface area contributed by atoms with Gasteiger partial charge in [-0.2, -0.15) is 0 Å². The zero-order valence-electron chi connectivity index (χ0n) is 23.5. The van der Waals surface area contributed by atoms with Gasteiger partial charge in [0.15, 0.2) is 0 Å². The predicted octanol–water partition coefficient (Wildman–Crippen LogP) is 8.55. The molecule has 0 atom stereocenters. The van der Waals surface area contributed by atoms with Crippen LogP contribution in [0.3, 0.4) is 0 Å². The molecular weight excluding hydrogens is 498 g/mol. The van der Waals surface area contributed by atoms with Gasteiger partial charge in [0.2, 0.25) is 0 Å². The van der Waals surface area contributed by atoms with Crippen LogP contribution in [0.2, 0.25) is 0 Å². The number of aryl methyl sites for hydroxylation is 1. The average molecular weight is 536 g/mol. The van der Waals surface area contributed by atoms with E-state index >= 15 is 0 Å². The summed E-state index contributed by atoms with van der Waals surface area (Å²) in [5.41, 5.74) is 6.05. The maximum Gasteiger partial charge on any atom is 0.343 e. The Morgan fingerprint density at radius 3 is 1.85 bits per heavy atom. The zero-order valence-corrected chi connectivity index (χ0v) is 23.5. The topological polar surface area (TPSA) is 70.8 Å². The van der Waals surface area contributed by atoms with E-state index in [0.29, 0.717) is 11.1 Å². The van der Waals surface area contributed by atoms with Crippen molar-refractivity contribution in [3.05, 3.63) is 111 Å². The minimum atomic E-state index is -0.933. The van der Waals surface area contributed by atoms with E-state index < -0.39 is 5.97 Å². The normalized spacial score (nSPS) is 11.6. The summed E-state index contributed by atoms with van der Waals surface area (Å²) in [6.07, 6.45) is 12.2. The molecule has 5 heteroatoms. The monoisotopic (exact) mass is 535 g/mol. The van der Waals surface area contributed by atoms with Gasteiger partial charge in [-0.1, -0.05) is 81.3 Å². The smallest absolute Gasteiger partial charge is 0.343 e. The third kappa shape index (κ3) is 7.17. The number of hydrogen-bond acceptors (Lipinski definition) is 4. The molecule has 1 aromatic heterocycles. The number of benzene rings is 3. The minimum absolute atomic E-state index is 0.269. The summed E-state index contributed by atoms with van der Waals surface area (Å²) in [6, 6.07) is 21.0. The van der Waals surface area contributed by atoms with Crippen LogP contribution in [0.25, 0.3) is 35.3 Å². The quantitative estimate of drug-likeness (QED) is 0.145. The Balaban J connectivity index is 1.50. The lowest BCUT2D eigenvalue weighted by Gasteiger charge is -2.25. The van der Waals surface area contributed by atoms with Crippen molar-refractivity contribution in [2.45, 2.75) is 46.5 Å². The third-order valence-electron chi connectivity index (χ3n) is 7.13. The number of carboxylic acid groups (broad SMARTS) is 1. The second-order valence-corrected chi connectivity index (χ2v) is 10.1. The van der Waals surface area contributed by atoms with Gasteiger partial charge >= 0.3 is 11.6 Å². The van der Waals surface area contributed by atoms with Crippen molar-refractivity contribution in [2.24, 2.45) is 0 Å². The van der Waals surface area contributed by atoms with E-state index in [0.717, 1.165) is 72.1 Å². The van der Waals surface area contributed by atoms with Crippen molar-refractivity contribution in [3.8, 4) is 0 Å². The fraction of sp³-hybridized carbons (Fsp3) is 0.257.